The van der Waals surface area contributed by atoms with E-state index in [1.165, 1.54) is 22.3 Å². The monoisotopic (exact) mass is 277 g/mol. The van der Waals surface area contributed by atoms with Crippen molar-refractivity contribution in [1.82, 2.24) is 4.57 Å². The SMILES string of the molecule is OCCCn1cc(-c2ccccc2)c(-c2ccccc2)c1. The number of hydrogen-bond acceptors (Lipinski definition) is 1. The van der Waals surface area contributed by atoms with Crippen molar-refractivity contribution in [3.8, 4) is 22.3 Å². The van der Waals surface area contributed by atoms with Crippen molar-refractivity contribution < 1.29 is 5.11 Å². The highest BCUT2D eigenvalue weighted by molar-refractivity contribution is 5.83. The first kappa shape index (κ1) is 13.7. The van der Waals surface area contributed by atoms with E-state index in [0.717, 1.165) is 13.0 Å². The smallest absolute Gasteiger partial charge is 0.0448 e. The van der Waals surface area contributed by atoms with E-state index in [4.69, 9.17) is 5.11 Å². The number of nitrogens with zero attached hydrogens (tertiary/aromatic N) is 1. The summed E-state index contributed by atoms with van der Waals surface area (Å²) >= 11 is 0. The number of hydrogen-bond donors (Lipinski definition) is 1. The number of aliphatic hydroxyl groups is 1. The minimum atomic E-state index is 0.222. The van der Waals surface area contributed by atoms with E-state index in [2.05, 4.69) is 65.5 Å². The highest BCUT2D eigenvalue weighted by atomic mass is 16.3. The molecule has 0 aliphatic heterocycles. The summed E-state index contributed by atoms with van der Waals surface area (Å²) in [7, 11) is 0. The summed E-state index contributed by atoms with van der Waals surface area (Å²) in [5.74, 6) is 0. The Labute approximate surface area is 125 Å². The van der Waals surface area contributed by atoms with E-state index >= 15 is 0 Å². The first-order chi connectivity index (χ1) is 10.4. The van der Waals surface area contributed by atoms with Crippen LogP contribution in [0.3, 0.4) is 0 Å². The minimum absolute atomic E-state index is 0.222. The van der Waals surface area contributed by atoms with Crippen molar-refractivity contribution in [2.45, 2.75) is 13.0 Å². The van der Waals surface area contributed by atoms with Gasteiger partial charge in [0.15, 0.2) is 0 Å². The second kappa shape index (κ2) is 6.42. The van der Waals surface area contributed by atoms with Crippen LogP contribution in [0.5, 0.6) is 0 Å². The molecule has 0 atom stereocenters. The summed E-state index contributed by atoms with van der Waals surface area (Å²) in [5.41, 5.74) is 4.91. The standard InChI is InChI=1S/C19H19NO/c21-13-7-12-20-14-18(16-8-3-1-4-9-16)19(15-20)17-10-5-2-6-11-17/h1-6,8-11,14-15,21H,7,12-13H2. The van der Waals surface area contributed by atoms with Gasteiger partial charge in [-0.15, -0.1) is 0 Å². The Morgan fingerprint density at radius 2 is 1.19 bits per heavy atom. The van der Waals surface area contributed by atoms with Crippen molar-refractivity contribution >= 4 is 0 Å². The normalized spacial score (nSPS) is 10.7. The highest BCUT2D eigenvalue weighted by Gasteiger charge is 2.10. The molecule has 3 aromatic rings. The maximum absolute atomic E-state index is 9.02. The van der Waals surface area contributed by atoms with E-state index in [0.29, 0.717) is 0 Å². The van der Waals surface area contributed by atoms with Crippen LogP contribution in [0.4, 0.5) is 0 Å². The van der Waals surface area contributed by atoms with Crippen LogP contribution in [0, 0.1) is 0 Å². The molecule has 0 saturated heterocycles. The van der Waals surface area contributed by atoms with E-state index in [-0.39, 0.29) is 6.61 Å². The van der Waals surface area contributed by atoms with Gasteiger partial charge in [-0.3, -0.25) is 0 Å². The first-order valence-electron chi connectivity index (χ1n) is 7.30. The van der Waals surface area contributed by atoms with Crippen LogP contribution in [-0.4, -0.2) is 16.3 Å². The second-order valence-electron chi connectivity index (χ2n) is 5.13. The van der Waals surface area contributed by atoms with E-state index in [9.17, 15) is 0 Å². The second-order valence-corrected chi connectivity index (χ2v) is 5.13. The molecule has 106 valence electrons. The van der Waals surface area contributed by atoms with Gasteiger partial charge in [-0.05, 0) is 17.5 Å². The number of aryl methyl sites for hydroxylation is 1. The summed E-state index contributed by atoms with van der Waals surface area (Å²) in [5, 5.41) is 9.02. The molecule has 0 bridgehead atoms. The van der Waals surface area contributed by atoms with Gasteiger partial charge in [0.2, 0.25) is 0 Å². The van der Waals surface area contributed by atoms with Crippen molar-refractivity contribution in [2.75, 3.05) is 6.61 Å². The van der Waals surface area contributed by atoms with E-state index in [1.54, 1.807) is 0 Å². The minimum Gasteiger partial charge on any atom is -0.396 e. The molecule has 0 unspecified atom stereocenters. The van der Waals surface area contributed by atoms with E-state index in [1.807, 2.05) is 12.1 Å². The molecule has 0 aliphatic rings. The average molecular weight is 277 g/mol. The fraction of sp³-hybridized carbons (Fsp3) is 0.158. The van der Waals surface area contributed by atoms with Crippen LogP contribution in [0.15, 0.2) is 73.1 Å². The molecule has 0 radical (unpaired) electrons. The third-order valence-corrected chi connectivity index (χ3v) is 3.62. The lowest BCUT2D eigenvalue weighted by Crippen LogP contribution is -1.96. The molecule has 3 rings (SSSR count). The van der Waals surface area contributed by atoms with Crippen LogP contribution in [-0.2, 0) is 6.54 Å². The summed E-state index contributed by atoms with van der Waals surface area (Å²) in [6.07, 6.45) is 5.12. The van der Waals surface area contributed by atoms with Crippen LogP contribution in [0.1, 0.15) is 6.42 Å². The van der Waals surface area contributed by atoms with Gasteiger partial charge in [-0.1, -0.05) is 60.7 Å². The zero-order valence-electron chi connectivity index (χ0n) is 11.9. The van der Waals surface area contributed by atoms with Crippen LogP contribution in [0.2, 0.25) is 0 Å². The molecule has 0 saturated carbocycles. The molecule has 2 nitrogen and oxygen atoms in total. The Morgan fingerprint density at radius 3 is 1.62 bits per heavy atom. The highest BCUT2D eigenvalue weighted by Crippen LogP contribution is 2.33. The van der Waals surface area contributed by atoms with Gasteiger partial charge in [0.25, 0.3) is 0 Å². The summed E-state index contributed by atoms with van der Waals surface area (Å²) in [6.45, 7) is 1.06. The molecule has 1 N–H and O–H groups in total. The molecule has 0 amide bonds. The lowest BCUT2D eigenvalue weighted by atomic mass is 9.99. The van der Waals surface area contributed by atoms with Gasteiger partial charge in [0, 0.05) is 36.7 Å². The quantitative estimate of drug-likeness (QED) is 0.742. The fourth-order valence-corrected chi connectivity index (χ4v) is 2.59. The summed E-state index contributed by atoms with van der Waals surface area (Å²) in [6, 6.07) is 20.9. The molecule has 2 heteroatoms. The van der Waals surface area contributed by atoms with Crippen molar-refractivity contribution in [1.29, 1.82) is 0 Å². The van der Waals surface area contributed by atoms with Crippen molar-refractivity contribution in [2.24, 2.45) is 0 Å². The Balaban J connectivity index is 2.06. The maximum atomic E-state index is 9.02. The lowest BCUT2D eigenvalue weighted by Gasteiger charge is -2.03. The number of rotatable bonds is 5. The predicted octanol–water partition coefficient (Wildman–Crippen LogP) is 4.20. The topological polar surface area (TPSA) is 25.2 Å². The zero-order chi connectivity index (χ0) is 14.5. The van der Waals surface area contributed by atoms with Gasteiger partial charge >= 0.3 is 0 Å². The molecular weight excluding hydrogens is 258 g/mol. The number of benzene rings is 2. The fourth-order valence-electron chi connectivity index (χ4n) is 2.59. The maximum Gasteiger partial charge on any atom is 0.0448 e. The van der Waals surface area contributed by atoms with Crippen LogP contribution >= 0.6 is 0 Å². The molecule has 0 fully saturated rings. The Morgan fingerprint density at radius 1 is 0.714 bits per heavy atom. The van der Waals surface area contributed by atoms with Gasteiger partial charge in [0.05, 0.1) is 0 Å². The third-order valence-electron chi connectivity index (χ3n) is 3.62. The molecule has 0 spiro atoms. The van der Waals surface area contributed by atoms with Crippen molar-refractivity contribution in [3.63, 3.8) is 0 Å². The number of aliphatic hydroxyl groups excluding tert-OH is 1. The van der Waals surface area contributed by atoms with Gasteiger partial charge in [-0.2, -0.15) is 0 Å². The summed E-state index contributed by atoms with van der Waals surface area (Å²) in [4.78, 5) is 0. The van der Waals surface area contributed by atoms with Crippen molar-refractivity contribution in [3.05, 3.63) is 73.1 Å². The summed E-state index contributed by atoms with van der Waals surface area (Å²) < 4.78 is 2.17. The molecule has 1 heterocycles. The molecule has 1 aromatic heterocycles. The molecular formula is C19H19NO. The first-order valence-corrected chi connectivity index (χ1v) is 7.30. The Bertz CT molecular complexity index is 629. The van der Waals surface area contributed by atoms with E-state index < -0.39 is 0 Å². The van der Waals surface area contributed by atoms with Gasteiger partial charge in [-0.25, -0.2) is 0 Å². The molecule has 2 aromatic carbocycles. The third kappa shape index (κ3) is 3.06. The molecule has 0 aliphatic carbocycles. The van der Waals surface area contributed by atoms with Gasteiger partial charge < -0.3 is 9.67 Å². The van der Waals surface area contributed by atoms with Crippen LogP contribution in [0.25, 0.3) is 22.3 Å². The van der Waals surface area contributed by atoms with Gasteiger partial charge in [0.1, 0.15) is 0 Å². The molecule has 21 heavy (non-hydrogen) atoms. The zero-order valence-corrected chi connectivity index (χ0v) is 11.9. The Kier molecular flexibility index (Phi) is 4.17. The lowest BCUT2D eigenvalue weighted by molar-refractivity contribution is 0.280. The average Bonchev–Trinajstić information content (AvgIpc) is 2.99. The van der Waals surface area contributed by atoms with Crippen LogP contribution < -0.4 is 0 Å². The predicted molar refractivity (Wildman–Crippen MR) is 87.0 cm³/mol. The number of aromatic nitrogens is 1. The largest absolute Gasteiger partial charge is 0.396 e. The Hall–Kier alpha value is -2.32.